The summed E-state index contributed by atoms with van der Waals surface area (Å²) in [4.78, 5) is 10.8. The lowest BCUT2D eigenvalue weighted by Crippen LogP contribution is -2.34. The van der Waals surface area contributed by atoms with E-state index in [-0.39, 0.29) is 5.11 Å². The van der Waals surface area contributed by atoms with Crippen LogP contribution in [0.1, 0.15) is 10.4 Å². The average Bonchev–Trinajstić information content (AvgIpc) is 2.66. The zero-order valence-corrected chi connectivity index (χ0v) is 15.7. The quantitative estimate of drug-likeness (QED) is 0.215. The van der Waals surface area contributed by atoms with Crippen molar-refractivity contribution in [3.05, 3.63) is 53.1 Å². The fraction of sp³-hybridized carbons (Fsp3) is 0.176. The van der Waals surface area contributed by atoms with Crippen LogP contribution >= 0.6 is 23.8 Å². The molecule has 0 aromatic heterocycles. The number of ether oxygens (including phenoxy) is 3. The summed E-state index contributed by atoms with van der Waals surface area (Å²) in [5, 5.41) is 0.446. The van der Waals surface area contributed by atoms with Crippen molar-refractivity contribution in [2.75, 3.05) is 20.3 Å². The average molecular weight is 398 g/mol. The second-order valence-corrected chi connectivity index (χ2v) is 5.52. The van der Waals surface area contributed by atoms with Crippen LogP contribution in [0.3, 0.4) is 0 Å². The normalized spacial score (nSPS) is 9.35. The topological polar surface area (TPSA) is 109 Å². The van der Waals surface area contributed by atoms with Gasteiger partial charge in [0.05, 0.1) is 12.1 Å². The van der Waals surface area contributed by atoms with E-state index in [1.165, 1.54) is 13.2 Å². The summed E-state index contributed by atoms with van der Waals surface area (Å²) in [7, 11) is 1.49. The molecule has 0 saturated heterocycles. The highest BCUT2D eigenvalue weighted by Gasteiger charge is 2.11. The third kappa shape index (κ3) is 7.56. The molecule has 0 atom stereocenters. The van der Waals surface area contributed by atoms with Crippen molar-refractivity contribution in [1.29, 1.82) is 0 Å². The molecule has 26 heavy (non-hydrogen) atoms. The maximum Gasteiger partial charge on any atom is 0.179 e. The van der Waals surface area contributed by atoms with Crippen LogP contribution in [-0.2, 0) is 0 Å². The molecule has 0 aliphatic carbocycles. The van der Waals surface area contributed by atoms with Gasteiger partial charge in [-0.2, -0.15) is 0 Å². The molecule has 0 spiro atoms. The summed E-state index contributed by atoms with van der Waals surface area (Å²) in [5.41, 5.74) is 7.26. The van der Waals surface area contributed by atoms with E-state index in [2.05, 4.69) is 18.1 Å². The summed E-state index contributed by atoms with van der Waals surface area (Å²) in [5.74, 6) is 6.25. The van der Waals surface area contributed by atoms with Crippen molar-refractivity contribution < 1.29 is 19.0 Å². The number of nitrogens with two attached hydrogens (primary N) is 2. The number of thiocarbonyl (C=S) groups is 1. The molecule has 0 aliphatic heterocycles. The van der Waals surface area contributed by atoms with Crippen LogP contribution in [0, 0.1) is 0 Å². The third-order valence-corrected chi connectivity index (χ3v) is 3.27. The molecule has 0 amide bonds. The lowest BCUT2D eigenvalue weighted by molar-refractivity contribution is 0.112. The first-order chi connectivity index (χ1) is 12.5. The third-order valence-electron chi connectivity index (χ3n) is 2.87. The van der Waals surface area contributed by atoms with Crippen molar-refractivity contribution in [3.63, 3.8) is 0 Å². The van der Waals surface area contributed by atoms with Gasteiger partial charge in [0.1, 0.15) is 25.2 Å². The van der Waals surface area contributed by atoms with Gasteiger partial charge in [0.2, 0.25) is 0 Å². The summed E-state index contributed by atoms with van der Waals surface area (Å²) >= 11 is 10.3. The Morgan fingerprint density at radius 3 is 2.38 bits per heavy atom. The molecular formula is C17H20ClN3O4S. The van der Waals surface area contributed by atoms with Crippen molar-refractivity contribution in [3.8, 4) is 17.2 Å². The molecule has 9 heteroatoms. The molecule has 0 bridgehead atoms. The maximum atomic E-state index is 10.8. The zero-order valence-electron chi connectivity index (χ0n) is 14.1. The Hall–Kier alpha value is -2.55. The van der Waals surface area contributed by atoms with Gasteiger partial charge in [-0.3, -0.25) is 4.79 Å². The number of aldehydes is 1. The summed E-state index contributed by atoms with van der Waals surface area (Å²) in [6.45, 7) is 0.685. The van der Waals surface area contributed by atoms with Crippen molar-refractivity contribution in [1.82, 2.24) is 5.43 Å². The molecular weight excluding hydrogens is 378 g/mol. The highest BCUT2D eigenvalue weighted by Crippen LogP contribution is 2.35. The standard InChI is InChI=1S/C16H15ClO4.CH5N3S/c1-19-15-10-12(11-18)9-14(17)16(15)21-8-7-20-13-5-3-2-4-6-13;2-1(5)4-3/h2-6,9-11H,7-8H2,1H3;3H2,(H3,2,4,5). The van der Waals surface area contributed by atoms with E-state index < -0.39 is 0 Å². The molecule has 0 aliphatic rings. The smallest absolute Gasteiger partial charge is 0.179 e. The number of nitrogens with one attached hydrogen (secondary N) is 1. The highest BCUT2D eigenvalue weighted by atomic mass is 35.5. The minimum absolute atomic E-state index is 0.116. The van der Waals surface area contributed by atoms with Gasteiger partial charge in [-0.15, -0.1) is 0 Å². The first-order valence-electron chi connectivity index (χ1n) is 7.41. The molecule has 2 aromatic rings. The van der Waals surface area contributed by atoms with Gasteiger partial charge in [0.25, 0.3) is 0 Å². The van der Waals surface area contributed by atoms with Gasteiger partial charge in [-0.25, -0.2) is 5.84 Å². The molecule has 0 heterocycles. The van der Waals surface area contributed by atoms with Gasteiger partial charge in [0, 0.05) is 5.56 Å². The Balaban J connectivity index is 0.000000597. The van der Waals surface area contributed by atoms with Crippen molar-refractivity contribution in [2.24, 2.45) is 11.6 Å². The maximum absolute atomic E-state index is 10.8. The van der Waals surface area contributed by atoms with Gasteiger partial charge in [-0.05, 0) is 36.5 Å². The molecule has 140 valence electrons. The second-order valence-electron chi connectivity index (χ2n) is 4.67. The number of hydrazine groups is 1. The zero-order chi connectivity index (χ0) is 19.4. The molecule has 0 unspecified atom stereocenters. The van der Waals surface area contributed by atoms with E-state index >= 15 is 0 Å². The van der Waals surface area contributed by atoms with Crippen LogP contribution in [0.15, 0.2) is 42.5 Å². The summed E-state index contributed by atoms with van der Waals surface area (Å²) in [6, 6.07) is 12.6. The Labute approximate surface area is 162 Å². The fourth-order valence-electron chi connectivity index (χ4n) is 1.77. The Kier molecular flexibility index (Phi) is 9.85. The van der Waals surface area contributed by atoms with E-state index in [1.54, 1.807) is 6.07 Å². The molecule has 7 nitrogen and oxygen atoms in total. The summed E-state index contributed by atoms with van der Waals surface area (Å²) in [6.07, 6.45) is 0.705. The highest BCUT2D eigenvalue weighted by molar-refractivity contribution is 7.80. The number of carbonyl (C=O) groups excluding carboxylic acids is 1. The molecule has 2 aromatic carbocycles. The van der Waals surface area contributed by atoms with Crippen LogP contribution in [0.2, 0.25) is 5.02 Å². The lowest BCUT2D eigenvalue weighted by Gasteiger charge is -2.13. The van der Waals surface area contributed by atoms with Gasteiger partial charge in [-0.1, -0.05) is 29.8 Å². The van der Waals surface area contributed by atoms with Crippen LogP contribution in [0.4, 0.5) is 0 Å². The SMILES string of the molecule is COc1cc(C=O)cc(Cl)c1OCCOc1ccccc1.NNC(N)=S. The van der Waals surface area contributed by atoms with Crippen molar-refractivity contribution in [2.45, 2.75) is 0 Å². The molecule has 0 saturated carbocycles. The lowest BCUT2D eigenvalue weighted by atomic mass is 10.2. The minimum Gasteiger partial charge on any atom is -0.493 e. The van der Waals surface area contributed by atoms with Crippen molar-refractivity contribution >= 4 is 35.2 Å². The van der Waals surface area contributed by atoms with Crippen LogP contribution in [0.25, 0.3) is 0 Å². The van der Waals surface area contributed by atoms with Gasteiger partial charge < -0.3 is 25.4 Å². The first kappa shape index (κ1) is 21.5. The predicted molar refractivity (Wildman–Crippen MR) is 105 cm³/mol. The number of halogens is 1. The van der Waals surface area contributed by atoms with E-state index in [4.69, 9.17) is 31.5 Å². The summed E-state index contributed by atoms with van der Waals surface area (Å²) < 4.78 is 16.3. The van der Waals surface area contributed by atoms with E-state index in [0.717, 1.165) is 5.75 Å². The number of carbonyl (C=O) groups is 1. The number of hydrogen-bond acceptors (Lipinski definition) is 6. The number of methoxy groups -OCH3 is 1. The fourth-order valence-corrected chi connectivity index (χ4v) is 2.04. The number of benzene rings is 2. The van der Waals surface area contributed by atoms with Crippen LogP contribution in [-0.4, -0.2) is 31.7 Å². The Morgan fingerprint density at radius 1 is 1.23 bits per heavy atom. The predicted octanol–water partition coefficient (Wildman–Crippen LogP) is 2.31. The van der Waals surface area contributed by atoms with Crippen LogP contribution in [0.5, 0.6) is 17.2 Å². The number of rotatable bonds is 7. The molecule has 5 N–H and O–H groups in total. The second kappa shape index (κ2) is 11.9. The Bertz CT molecular complexity index is 717. The van der Waals surface area contributed by atoms with E-state index in [9.17, 15) is 4.79 Å². The monoisotopic (exact) mass is 397 g/mol. The van der Waals surface area contributed by atoms with E-state index in [1.807, 2.05) is 35.8 Å². The largest absolute Gasteiger partial charge is 0.493 e. The van der Waals surface area contributed by atoms with E-state index in [0.29, 0.717) is 41.6 Å². The minimum atomic E-state index is 0.116. The Morgan fingerprint density at radius 2 is 1.85 bits per heavy atom. The molecule has 0 radical (unpaired) electrons. The molecule has 0 fully saturated rings. The van der Waals surface area contributed by atoms with Gasteiger partial charge in [0.15, 0.2) is 16.6 Å². The molecule has 2 rings (SSSR count). The van der Waals surface area contributed by atoms with Gasteiger partial charge >= 0.3 is 0 Å². The van der Waals surface area contributed by atoms with Crippen LogP contribution < -0.4 is 31.2 Å². The number of para-hydroxylation sites is 1. The first-order valence-corrected chi connectivity index (χ1v) is 8.19. The number of hydrogen-bond donors (Lipinski definition) is 3.